The molecule has 25 heavy (non-hydrogen) atoms. The first-order valence-electron chi connectivity index (χ1n) is 9.07. The highest BCUT2D eigenvalue weighted by molar-refractivity contribution is 5.94. The Balaban J connectivity index is 1.38. The third-order valence-electron chi connectivity index (χ3n) is 5.52. The van der Waals surface area contributed by atoms with E-state index in [1.807, 2.05) is 59.5 Å². The van der Waals surface area contributed by atoms with Crippen LogP contribution in [0.3, 0.4) is 0 Å². The third kappa shape index (κ3) is 3.54. The molecule has 2 aromatic carbocycles. The number of nitrogens with zero attached hydrogens (tertiary/aromatic N) is 1. The summed E-state index contributed by atoms with van der Waals surface area (Å²) in [5, 5.41) is 3.47. The van der Waals surface area contributed by atoms with Crippen LogP contribution in [0.1, 0.15) is 29.6 Å². The van der Waals surface area contributed by atoms with Gasteiger partial charge in [0.05, 0.1) is 0 Å². The molecule has 2 aliphatic heterocycles. The van der Waals surface area contributed by atoms with Gasteiger partial charge in [-0.25, -0.2) is 0 Å². The molecule has 1 N–H and O–H groups in total. The van der Waals surface area contributed by atoms with Crippen molar-refractivity contribution in [1.29, 1.82) is 0 Å². The van der Waals surface area contributed by atoms with Crippen molar-refractivity contribution in [2.45, 2.75) is 19.3 Å². The van der Waals surface area contributed by atoms with Gasteiger partial charge in [0.15, 0.2) is 0 Å². The first-order valence-corrected chi connectivity index (χ1v) is 9.07. The summed E-state index contributed by atoms with van der Waals surface area (Å²) in [6.45, 7) is 3.96. The maximum atomic E-state index is 12.7. The number of ether oxygens (including phenoxy) is 1. The fourth-order valence-corrected chi connectivity index (χ4v) is 3.88. The largest absolute Gasteiger partial charge is 0.457 e. The molecule has 2 fully saturated rings. The highest BCUT2D eigenvalue weighted by Crippen LogP contribution is 2.37. The van der Waals surface area contributed by atoms with E-state index in [1.165, 1.54) is 6.42 Å². The second-order valence-electron chi connectivity index (χ2n) is 7.16. The summed E-state index contributed by atoms with van der Waals surface area (Å²) in [7, 11) is 0. The lowest BCUT2D eigenvalue weighted by atomic mass is 9.78. The first-order chi connectivity index (χ1) is 12.2. The van der Waals surface area contributed by atoms with Crippen molar-refractivity contribution in [2.24, 2.45) is 5.41 Å². The summed E-state index contributed by atoms with van der Waals surface area (Å²) >= 11 is 0. The van der Waals surface area contributed by atoms with E-state index in [0.29, 0.717) is 5.41 Å². The van der Waals surface area contributed by atoms with Crippen molar-refractivity contribution >= 4 is 5.91 Å². The predicted molar refractivity (Wildman–Crippen MR) is 98.0 cm³/mol. The van der Waals surface area contributed by atoms with Gasteiger partial charge in [-0.05, 0) is 67.6 Å². The zero-order valence-electron chi connectivity index (χ0n) is 14.4. The van der Waals surface area contributed by atoms with Gasteiger partial charge in [0, 0.05) is 25.2 Å². The van der Waals surface area contributed by atoms with Gasteiger partial charge in [-0.2, -0.15) is 0 Å². The number of amides is 1. The summed E-state index contributed by atoms with van der Waals surface area (Å²) in [6, 6.07) is 17.1. The van der Waals surface area contributed by atoms with Crippen molar-refractivity contribution in [3.05, 3.63) is 60.2 Å². The third-order valence-corrected chi connectivity index (χ3v) is 5.52. The van der Waals surface area contributed by atoms with Crippen LogP contribution in [0, 0.1) is 5.41 Å². The van der Waals surface area contributed by atoms with E-state index in [-0.39, 0.29) is 5.91 Å². The SMILES string of the molecule is O=C(c1ccc(Oc2ccccc2)cc1)N1CCC2(CCNC2)CC1. The van der Waals surface area contributed by atoms with E-state index in [1.54, 1.807) is 0 Å². The average molecular weight is 336 g/mol. The van der Waals surface area contributed by atoms with E-state index >= 15 is 0 Å². The molecule has 0 unspecified atom stereocenters. The molecule has 2 saturated heterocycles. The molecule has 130 valence electrons. The van der Waals surface area contributed by atoms with Gasteiger partial charge in [-0.3, -0.25) is 4.79 Å². The van der Waals surface area contributed by atoms with Crippen LogP contribution in [0.4, 0.5) is 0 Å². The lowest BCUT2D eigenvalue weighted by molar-refractivity contribution is 0.0607. The standard InChI is InChI=1S/C21H24N2O2/c24-20(23-14-11-21(12-15-23)10-13-22-16-21)17-6-8-19(9-7-17)25-18-4-2-1-3-5-18/h1-9,22H,10-16H2. The monoisotopic (exact) mass is 336 g/mol. The van der Waals surface area contributed by atoms with Gasteiger partial charge in [0.1, 0.15) is 11.5 Å². The molecule has 4 rings (SSSR count). The molecule has 0 saturated carbocycles. The molecule has 2 heterocycles. The van der Waals surface area contributed by atoms with E-state index in [9.17, 15) is 4.79 Å². The molecule has 0 aromatic heterocycles. The number of hydrogen-bond acceptors (Lipinski definition) is 3. The molecular weight excluding hydrogens is 312 g/mol. The van der Waals surface area contributed by atoms with E-state index in [2.05, 4.69) is 5.32 Å². The Morgan fingerprint density at radius 3 is 2.24 bits per heavy atom. The van der Waals surface area contributed by atoms with Gasteiger partial charge < -0.3 is 15.0 Å². The van der Waals surface area contributed by atoms with Gasteiger partial charge in [0.25, 0.3) is 5.91 Å². The van der Waals surface area contributed by atoms with Crippen molar-refractivity contribution in [3.8, 4) is 11.5 Å². The molecule has 0 aliphatic carbocycles. The number of hydrogen-bond donors (Lipinski definition) is 1. The molecule has 4 heteroatoms. The molecule has 4 nitrogen and oxygen atoms in total. The number of nitrogens with one attached hydrogen (secondary N) is 1. The number of likely N-dealkylation sites (tertiary alicyclic amines) is 1. The minimum absolute atomic E-state index is 0.132. The van der Waals surface area contributed by atoms with Crippen LogP contribution in [0.5, 0.6) is 11.5 Å². The van der Waals surface area contributed by atoms with Gasteiger partial charge in [-0.15, -0.1) is 0 Å². The maximum Gasteiger partial charge on any atom is 0.253 e. The van der Waals surface area contributed by atoms with Gasteiger partial charge >= 0.3 is 0 Å². The summed E-state index contributed by atoms with van der Waals surface area (Å²) in [5.74, 6) is 1.68. The van der Waals surface area contributed by atoms with Crippen LogP contribution < -0.4 is 10.1 Å². The Bertz CT molecular complexity index is 711. The minimum atomic E-state index is 0.132. The number of piperidine rings is 1. The molecule has 1 amide bonds. The van der Waals surface area contributed by atoms with Crippen LogP contribution in [0.2, 0.25) is 0 Å². The Kier molecular flexibility index (Phi) is 4.45. The molecule has 0 atom stereocenters. The molecule has 2 aromatic rings. The predicted octanol–water partition coefficient (Wildman–Crippen LogP) is 3.69. The minimum Gasteiger partial charge on any atom is -0.457 e. The van der Waals surface area contributed by atoms with Crippen LogP contribution in [0.25, 0.3) is 0 Å². The number of benzene rings is 2. The fraction of sp³-hybridized carbons (Fsp3) is 0.381. The quantitative estimate of drug-likeness (QED) is 0.929. The van der Waals surface area contributed by atoms with Crippen molar-refractivity contribution < 1.29 is 9.53 Å². The smallest absolute Gasteiger partial charge is 0.253 e. The Morgan fingerprint density at radius 1 is 0.920 bits per heavy atom. The molecule has 0 radical (unpaired) electrons. The highest BCUT2D eigenvalue weighted by Gasteiger charge is 2.38. The molecular formula is C21H24N2O2. The van der Waals surface area contributed by atoms with Crippen molar-refractivity contribution in [3.63, 3.8) is 0 Å². The summed E-state index contributed by atoms with van der Waals surface area (Å²) in [4.78, 5) is 14.7. The number of para-hydroxylation sites is 1. The molecule has 2 aliphatic rings. The van der Waals surface area contributed by atoms with Crippen LogP contribution >= 0.6 is 0 Å². The lowest BCUT2D eigenvalue weighted by Crippen LogP contribution is -2.44. The zero-order valence-corrected chi connectivity index (χ0v) is 14.4. The van der Waals surface area contributed by atoms with E-state index in [4.69, 9.17) is 4.74 Å². The van der Waals surface area contributed by atoms with Crippen molar-refractivity contribution in [1.82, 2.24) is 10.2 Å². The normalized spacial score (nSPS) is 19.1. The van der Waals surface area contributed by atoms with E-state index < -0.39 is 0 Å². The van der Waals surface area contributed by atoms with Crippen LogP contribution in [-0.2, 0) is 0 Å². The van der Waals surface area contributed by atoms with Crippen molar-refractivity contribution in [2.75, 3.05) is 26.2 Å². The summed E-state index contributed by atoms with van der Waals surface area (Å²) in [6.07, 6.45) is 3.47. The highest BCUT2D eigenvalue weighted by atomic mass is 16.5. The Morgan fingerprint density at radius 2 is 1.60 bits per heavy atom. The van der Waals surface area contributed by atoms with Gasteiger partial charge in [0.2, 0.25) is 0 Å². The van der Waals surface area contributed by atoms with E-state index in [0.717, 1.165) is 56.1 Å². The lowest BCUT2D eigenvalue weighted by Gasteiger charge is -2.38. The number of carbonyl (C=O) groups is 1. The van der Waals surface area contributed by atoms with Gasteiger partial charge in [-0.1, -0.05) is 18.2 Å². The zero-order chi connectivity index (χ0) is 17.1. The topological polar surface area (TPSA) is 41.6 Å². The summed E-state index contributed by atoms with van der Waals surface area (Å²) < 4.78 is 5.79. The molecule has 0 bridgehead atoms. The second kappa shape index (κ2) is 6.89. The Hall–Kier alpha value is -2.33. The maximum absolute atomic E-state index is 12.7. The van der Waals surface area contributed by atoms with Crippen LogP contribution in [0.15, 0.2) is 54.6 Å². The Labute approximate surface area is 148 Å². The fourth-order valence-electron chi connectivity index (χ4n) is 3.88. The first kappa shape index (κ1) is 16.2. The van der Waals surface area contributed by atoms with Crippen LogP contribution in [-0.4, -0.2) is 37.0 Å². The number of carbonyl (C=O) groups excluding carboxylic acids is 1. The second-order valence-corrected chi connectivity index (χ2v) is 7.16. The average Bonchev–Trinajstić information content (AvgIpc) is 3.11. The molecule has 1 spiro atoms. The summed E-state index contributed by atoms with van der Waals surface area (Å²) in [5.41, 5.74) is 1.17. The number of rotatable bonds is 3.